The Kier molecular flexibility index (Phi) is 4.13. The third-order valence-corrected chi connectivity index (χ3v) is 4.85. The van der Waals surface area contributed by atoms with Crippen LogP contribution in [0.4, 0.5) is 0 Å². The van der Waals surface area contributed by atoms with Crippen LogP contribution >= 0.6 is 15.9 Å². The van der Waals surface area contributed by atoms with Crippen LogP contribution in [-0.4, -0.2) is 47.9 Å². The van der Waals surface area contributed by atoms with Gasteiger partial charge in [0.25, 0.3) is 5.91 Å². The largest absolute Gasteiger partial charge is 0.337 e. The monoisotopic (exact) mass is 336 g/mol. The van der Waals surface area contributed by atoms with Gasteiger partial charge in [0, 0.05) is 29.2 Å². The Morgan fingerprint density at radius 1 is 1.20 bits per heavy atom. The fourth-order valence-corrected chi connectivity index (χ4v) is 3.98. The first-order valence-electron chi connectivity index (χ1n) is 7.44. The third-order valence-electron chi connectivity index (χ3n) is 4.40. The number of hydrogen-bond donors (Lipinski definition) is 0. The number of aryl methyl sites for hydroxylation is 1. The molecule has 1 amide bonds. The highest BCUT2D eigenvalue weighted by Gasteiger charge is 2.31. The molecule has 0 aliphatic carbocycles. The summed E-state index contributed by atoms with van der Waals surface area (Å²) in [6.07, 6.45) is 3.75. The van der Waals surface area contributed by atoms with Crippen molar-refractivity contribution < 1.29 is 4.79 Å². The Morgan fingerprint density at radius 2 is 1.95 bits per heavy atom. The minimum atomic E-state index is 0.177. The number of likely N-dealkylation sites (tertiary alicyclic amines) is 2. The summed E-state index contributed by atoms with van der Waals surface area (Å²) in [7, 11) is 0. The number of halogens is 1. The van der Waals surface area contributed by atoms with E-state index in [1.807, 2.05) is 30.0 Å². The maximum atomic E-state index is 12.6. The zero-order valence-electron chi connectivity index (χ0n) is 11.9. The Balaban J connectivity index is 1.68. The van der Waals surface area contributed by atoms with Crippen molar-refractivity contribution in [1.82, 2.24) is 9.80 Å². The highest BCUT2D eigenvalue weighted by atomic mass is 79.9. The maximum absolute atomic E-state index is 12.6. The molecule has 0 radical (unpaired) electrons. The average Bonchev–Trinajstić information content (AvgIpc) is 3.07. The topological polar surface area (TPSA) is 23.6 Å². The standard InChI is InChI=1S/C16H21BrN2O/c1-12-8-13(10-14(17)9-12)16(20)19-7-4-15(11-19)18-5-2-3-6-18/h8-10,15H,2-7,11H2,1H3. The van der Waals surface area contributed by atoms with Gasteiger partial charge in [-0.3, -0.25) is 9.69 Å². The molecule has 2 aliphatic heterocycles. The minimum Gasteiger partial charge on any atom is -0.337 e. The van der Waals surface area contributed by atoms with E-state index in [4.69, 9.17) is 0 Å². The lowest BCUT2D eigenvalue weighted by atomic mass is 10.1. The van der Waals surface area contributed by atoms with Crippen molar-refractivity contribution in [1.29, 1.82) is 0 Å². The predicted molar refractivity (Wildman–Crippen MR) is 84.0 cm³/mol. The molecule has 3 rings (SSSR count). The molecule has 1 aromatic carbocycles. The summed E-state index contributed by atoms with van der Waals surface area (Å²) in [6.45, 7) is 6.24. The van der Waals surface area contributed by atoms with Crippen LogP contribution in [0, 0.1) is 6.92 Å². The second-order valence-electron chi connectivity index (χ2n) is 5.95. The van der Waals surface area contributed by atoms with Gasteiger partial charge in [-0.05, 0) is 63.0 Å². The molecule has 20 heavy (non-hydrogen) atoms. The van der Waals surface area contributed by atoms with Crippen LogP contribution in [0.5, 0.6) is 0 Å². The van der Waals surface area contributed by atoms with E-state index in [1.54, 1.807) is 0 Å². The van der Waals surface area contributed by atoms with Gasteiger partial charge in [-0.15, -0.1) is 0 Å². The first-order chi connectivity index (χ1) is 9.63. The van der Waals surface area contributed by atoms with Crippen LogP contribution in [-0.2, 0) is 0 Å². The molecule has 2 saturated heterocycles. The Hall–Kier alpha value is -0.870. The zero-order valence-corrected chi connectivity index (χ0v) is 13.5. The molecule has 0 bridgehead atoms. The first-order valence-corrected chi connectivity index (χ1v) is 8.23. The van der Waals surface area contributed by atoms with Gasteiger partial charge in [-0.1, -0.05) is 15.9 Å². The van der Waals surface area contributed by atoms with E-state index in [0.29, 0.717) is 6.04 Å². The summed E-state index contributed by atoms with van der Waals surface area (Å²) in [5.41, 5.74) is 1.93. The molecule has 1 atom stereocenters. The molecular weight excluding hydrogens is 316 g/mol. The van der Waals surface area contributed by atoms with Crippen molar-refractivity contribution >= 4 is 21.8 Å². The number of benzene rings is 1. The molecule has 0 aromatic heterocycles. The van der Waals surface area contributed by atoms with E-state index >= 15 is 0 Å². The number of nitrogens with zero attached hydrogens (tertiary/aromatic N) is 2. The Morgan fingerprint density at radius 3 is 2.65 bits per heavy atom. The quantitative estimate of drug-likeness (QED) is 0.828. The fraction of sp³-hybridized carbons (Fsp3) is 0.562. The van der Waals surface area contributed by atoms with E-state index < -0.39 is 0 Å². The molecule has 2 heterocycles. The van der Waals surface area contributed by atoms with Gasteiger partial charge in [0.1, 0.15) is 0 Å². The third kappa shape index (κ3) is 2.91. The molecule has 0 saturated carbocycles. The van der Waals surface area contributed by atoms with Gasteiger partial charge in [0.2, 0.25) is 0 Å². The molecule has 108 valence electrons. The molecular formula is C16H21BrN2O. The van der Waals surface area contributed by atoms with E-state index in [0.717, 1.165) is 35.1 Å². The van der Waals surface area contributed by atoms with Crippen LogP contribution in [0.2, 0.25) is 0 Å². The van der Waals surface area contributed by atoms with Crippen molar-refractivity contribution in [2.24, 2.45) is 0 Å². The number of amides is 1. The maximum Gasteiger partial charge on any atom is 0.253 e. The average molecular weight is 337 g/mol. The lowest BCUT2D eigenvalue weighted by Crippen LogP contribution is -2.37. The predicted octanol–water partition coefficient (Wildman–Crippen LogP) is 3.07. The summed E-state index contributed by atoms with van der Waals surface area (Å²) in [6, 6.07) is 6.53. The van der Waals surface area contributed by atoms with E-state index in [-0.39, 0.29) is 5.91 Å². The van der Waals surface area contributed by atoms with Gasteiger partial charge in [-0.2, -0.15) is 0 Å². The molecule has 0 spiro atoms. The summed E-state index contributed by atoms with van der Waals surface area (Å²) in [4.78, 5) is 17.2. The number of rotatable bonds is 2. The van der Waals surface area contributed by atoms with Gasteiger partial charge in [0.15, 0.2) is 0 Å². The normalized spacial score (nSPS) is 23.5. The lowest BCUT2D eigenvalue weighted by molar-refractivity contribution is 0.0780. The highest BCUT2D eigenvalue weighted by Crippen LogP contribution is 2.23. The highest BCUT2D eigenvalue weighted by molar-refractivity contribution is 9.10. The fourth-order valence-electron chi connectivity index (χ4n) is 3.37. The van der Waals surface area contributed by atoms with Crippen LogP contribution < -0.4 is 0 Å². The Labute approximate surface area is 129 Å². The van der Waals surface area contributed by atoms with Crippen molar-refractivity contribution in [2.45, 2.75) is 32.2 Å². The summed E-state index contributed by atoms with van der Waals surface area (Å²) in [5, 5.41) is 0. The van der Waals surface area contributed by atoms with Crippen molar-refractivity contribution in [3.05, 3.63) is 33.8 Å². The van der Waals surface area contributed by atoms with E-state index in [1.165, 1.54) is 25.9 Å². The lowest BCUT2D eigenvalue weighted by Gasteiger charge is -2.23. The number of hydrogen-bond acceptors (Lipinski definition) is 2. The first kappa shape index (κ1) is 14.1. The Bertz CT molecular complexity index is 491. The molecule has 3 nitrogen and oxygen atoms in total. The van der Waals surface area contributed by atoms with Gasteiger partial charge < -0.3 is 4.90 Å². The zero-order chi connectivity index (χ0) is 14.1. The smallest absolute Gasteiger partial charge is 0.253 e. The molecule has 1 aromatic rings. The van der Waals surface area contributed by atoms with Crippen molar-refractivity contribution in [2.75, 3.05) is 26.2 Å². The number of carbonyl (C=O) groups is 1. The second-order valence-corrected chi connectivity index (χ2v) is 6.87. The molecule has 0 N–H and O–H groups in total. The molecule has 2 aliphatic rings. The van der Waals surface area contributed by atoms with E-state index in [2.05, 4.69) is 20.8 Å². The van der Waals surface area contributed by atoms with Crippen LogP contribution in [0.3, 0.4) is 0 Å². The SMILES string of the molecule is Cc1cc(Br)cc(C(=O)N2CCC(N3CCCC3)C2)c1. The molecule has 1 unspecified atom stereocenters. The van der Waals surface area contributed by atoms with Crippen LogP contribution in [0.15, 0.2) is 22.7 Å². The summed E-state index contributed by atoms with van der Waals surface area (Å²) < 4.78 is 0.983. The summed E-state index contributed by atoms with van der Waals surface area (Å²) in [5.74, 6) is 0.177. The van der Waals surface area contributed by atoms with Gasteiger partial charge >= 0.3 is 0 Å². The summed E-state index contributed by atoms with van der Waals surface area (Å²) >= 11 is 3.48. The molecule has 2 fully saturated rings. The van der Waals surface area contributed by atoms with Crippen molar-refractivity contribution in [3.8, 4) is 0 Å². The van der Waals surface area contributed by atoms with Crippen LogP contribution in [0.25, 0.3) is 0 Å². The van der Waals surface area contributed by atoms with Crippen LogP contribution in [0.1, 0.15) is 35.2 Å². The second kappa shape index (κ2) is 5.86. The van der Waals surface area contributed by atoms with Gasteiger partial charge in [-0.25, -0.2) is 0 Å². The molecule has 4 heteroatoms. The van der Waals surface area contributed by atoms with Crippen molar-refractivity contribution in [3.63, 3.8) is 0 Å². The van der Waals surface area contributed by atoms with E-state index in [9.17, 15) is 4.79 Å². The minimum absolute atomic E-state index is 0.177. The van der Waals surface area contributed by atoms with Gasteiger partial charge in [0.05, 0.1) is 0 Å². The number of carbonyl (C=O) groups excluding carboxylic acids is 1.